The van der Waals surface area contributed by atoms with Crippen molar-refractivity contribution in [1.82, 2.24) is 5.32 Å². The van der Waals surface area contributed by atoms with E-state index in [1.807, 2.05) is 6.92 Å². The SMILES string of the molecule is CCOC(=O)C(=O)NCC(c1ccco1)S(=O)(=O)c1ccc(C)cc1. The van der Waals surface area contributed by atoms with Gasteiger partial charge in [0.1, 0.15) is 11.0 Å². The minimum atomic E-state index is -3.84. The van der Waals surface area contributed by atoms with Crippen LogP contribution in [0.25, 0.3) is 0 Å². The average molecular weight is 365 g/mol. The van der Waals surface area contributed by atoms with Crippen LogP contribution in [0.2, 0.25) is 0 Å². The van der Waals surface area contributed by atoms with Crippen molar-refractivity contribution < 1.29 is 27.2 Å². The van der Waals surface area contributed by atoms with Crippen LogP contribution < -0.4 is 5.32 Å². The molecule has 1 aromatic heterocycles. The van der Waals surface area contributed by atoms with Gasteiger partial charge in [0.2, 0.25) is 0 Å². The summed E-state index contributed by atoms with van der Waals surface area (Å²) in [4.78, 5) is 23.2. The second kappa shape index (κ2) is 7.98. The zero-order chi connectivity index (χ0) is 18.4. The van der Waals surface area contributed by atoms with E-state index in [2.05, 4.69) is 10.1 Å². The third kappa shape index (κ3) is 4.48. The molecule has 7 nitrogen and oxygen atoms in total. The Hall–Kier alpha value is -2.61. The van der Waals surface area contributed by atoms with E-state index in [0.29, 0.717) is 0 Å². The molecule has 1 aromatic carbocycles. The smallest absolute Gasteiger partial charge is 0.396 e. The Labute approximate surface area is 145 Å². The molecule has 25 heavy (non-hydrogen) atoms. The molecule has 0 aliphatic rings. The molecule has 0 saturated carbocycles. The topological polar surface area (TPSA) is 103 Å². The van der Waals surface area contributed by atoms with Crippen molar-refractivity contribution in [3.8, 4) is 0 Å². The summed E-state index contributed by atoms with van der Waals surface area (Å²) in [6.45, 7) is 3.15. The number of carbonyl (C=O) groups excluding carboxylic acids is 2. The quantitative estimate of drug-likeness (QED) is 0.618. The highest BCUT2D eigenvalue weighted by molar-refractivity contribution is 7.91. The fourth-order valence-electron chi connectivity index (χ4n) is 2.18. The van der Waals surface area contributed by atoms with Crippen LogP contribution in [0.4, 0.5) is 0 Å². The fourth-order valence-corrected chi connectivity index (χ4v) is 3.77. The highest BCUT2D eigenvalue weighted by Crippen LogP contribution is 2.29. The molecule has 0 aliphatic heterocycles. The van der Waals surface area contributed by atoms with Crippen molar-refractivity contribution in [2.45, 2.75) is 24.0 Å². The van der Waals surface area contributed by atoms with Crippen LogP contribution in [0.3, 0.4) is 0 Å². The van der Waals surface area contributed by atoms with Gasteiger partial charge in [-0.1, -0.05) is 17.7 Å². The molecule has 134 valence electrons. The van der Waals surface area contributed by atoms with E-state index in [4.69, 9.17) is 4.42 Å². The summed E-state index contributed by atoms with van der Waals surface area (Å²) in [6.07, 6.45) is 1.35. The van der Waals surface area contributed by atoms with Crippen LogP contribution in [0, 0.1) is 6.92 Å². The molecule has 1 N–H and O–H groups in total. The third-order valence-electron chi connectivity index (χ3n) is 3.49. The molecule has 0 saturated heterocycles. The van der Waals surface area contributed by atoms with E-state index < -0.39 is 27.0 Å². The number of rotatable bonds is 6. The summed E-state index contributed by atoms with van der Waals surface area (Å²) >= 11 is 0. The lowest BCUT2D eigenvalue weighted by atomic mass is 10.2. The van der Waals surface area contributed by atoms with Crippen molar-refractivity contribution in [2.24, 2.45) is 0 Å². The first kappa shape index (κ1) is 18.7. The Kier molecular flexibility index (Phi) is 5.97. The predicted molar refractivity (Wildman–Crippen MR) is 89.5 cm³/mol. The number of benzene rings is 1. The van der Waals surface area contributed by atoms with Gasteiger partial charge in [-0.3, -0.25) is 4.79 Å². The number of furan rings is 1. The summed E-state index contributed by atoms with van der Waals surface area (Å²) < 4.78 is 35.7. The second-order valence-corrected chi connectivity index (χ2v) is 7.42. The van der Waals surface area contributed by atoms with Crippen molar-refractivity contribution in [1.29, 1.82) is 0 Å². The fraction of sp³-hybridized carbons (Fsp3) is 0.294. The molecule has 2 rings (SSSR count). The molecule has 0 radical (unpaired) electrons. The maximum atomic E-state index is 12.9. The number of carbonyl (C=O) groups is 2. The Morgan fingerprint density at radius 1 is 1.20 bits per heavy atom. The second-order valence-electron chi connectivity index (χ2n) is 5.29. The van der Waals surface area contributed by atoms with E-state index in [1.54, 1.807) is 25.1 Å². The molecule has 1 heterocycles. The Bertz CT molecular complexity index is 825. The van der Waals surface area contributed by atoms with Gasteiger partial charge in [-0.2, -0.15) is 0 Å². The molecule has 0 aliphatic carbocycles. The molecule has 2 aromatic rings. The van der Waals surface area contributed by atoms with Crippen LogP contribution in [-0.2, 0) is 24.2 Å². The number of esters is 1. The summed E-state index contributed by atoms with van der Waals surface area (Å²) in [5.74, 6) is -1.89. The number of nitrogens with one attached hydrogen (secondary N) is 1. The Morgan fingerprint density at radius 3 is 2.44 bits per heavy atom. The first-order chi connectivity index (χ1) is 11.9. The summed E-state index contributed by atoms with van der Waals surface area (Å²) in [5, 5.41) is 1.13. The first-order valence-corrected chi connectivity index (χ1v) is 9.19. The zero-order valence-electron chi connectivity index (χ0n) is 13.9. The zero-order valence-corrected chi connectivity index (χ0v) is 14.7. The van der Waals surface area contributed by atoms with Gasteiger partial charge in [0.25, 0.3) is 0 Å². The number of ether oxygens (including phenoxy) is 1. The Morgan fingerprint density at radius 2 is 1.88 bits per heavy atom. The van der Waals surface area contributed by atoms with Gasteiger partial charge >= 0.3 is 11.9 Å². The predicted octanol–water partition coefficient (Wildman–Crippen LogP) is 1.78. The molecule has 1 atom stereocenters. The van der Waals surface area contributed by atoms with Gasteiger partial charge in [-0.15, -0.1) is 0 Å². The molecule has 8 heteroatoms. The van der Waals surface area contributed by atoms with E-state index >= 15 is 0 Å². The lowest BCUT2D eigenvalue weighted by Crippen LogP contribution is -2.37. The summed E-state index contributed by atoms with van der Waals surface area (Å²) in [6, 6.07) is 9.42. The molecule has 1 unspecified atom stereocenters. The van der Waals surface area contributed by atoms with Crippen LogP contribution >= 0.6 is 0 Å². The van der Waals surface area contributed by atoms with E-state index in [9.17, 15) is 18.0 Å². The Balaban J connectivity index is 2.26. The van der Waals surface area contributed by atoms with Gasteiger partial charge in [0.05, 0.1) is 17.8 Å². The van der Waals surface area contributed by atoms with E-state index in [1.165, 1.54) is 24.5 Å². The number of sulfone groups is 1. The maximum Gasteiger partial charge on any atom is 0.396 e. The van der Waals surface area contributed by atoms with Gasteiger partial charge in [-0.05, 0) is 38.1 Å². The third-order valence-corrected chi connectivity index (χ3v) is 5.57. The highest BCUT2D eigenvalue weighted by Gasteiger charge is 2.32. The van der Waals surface area contributed by atoms with Crippen molar-refractivity contribution in [3.05, 3.63) is 54.0 Å². The van der Waals surface area contributed by atoms with Gasteiger partial charge in [0, 0.05) is 6.54 Å². The van der Waals surface area contributed by atoms with Gasteiger partial charge < -0.3 is 14.5 Å². The van der Waals surface area contributed by atoms with Crippen LogP contribution in [0.15, 0.2) is 52.0 Å². The summed E-state index contributed by atoms with van der Waals surface area (Å²) in [5.41, 5.74) is 0.920. The van der Waals surface area contributed by atoms with Crippen LogP contribution in [0.1, 0.15) is 23.5 Å². The first-order valence-electron chi connectivity index (χ1n) is 7.65. The molecular formula is C17H19NO6S. The molecule has 0 spiro atoms. The van der Waals surface area contributed by atoms with Crippen molar-refractivity contribution in [3.63, 3.8) is 0 Å². The van der Waals surface area contributed by atoms with E-state index in [-0.39, 0.29) is 23.8 Å². The van der Waals surface area contributed by atoms with Gasteiger partial charge in [0.15, 0.2) is 9.84 Å². The monoisotopic (exact) mass is 365 g/mol. The lowest BCUT2D eigenvalue weighted by molar-refractivity contribution is -0.154. The standard InChI is InChI=1S/C17H19NO6S/c1-3-23-17(20)16(19)18-11-15(14-5-4-10-24-14)25(21,22)13-8-6-12(2)7-9-13/h4-10,15H,3,11H2,1-2H3,(H,18,19). The summed E-state index contributed by atoms with van der Waals surface area (Å²) in [7, 11) is -3.84. The average Bonchev–Trinajstić information content (AvgIpc) is 3.09. The lowest BCUT2D eigenvalue weighted by Gasteiger charge is -2.16. The van der Waals surface area contributed by atoms with Crippen LogP contribution in [-0.4, -0.2) is 33.4 Å². The van der Waals surface area contributed by atoms with Gasteiger partial charge in [-0.25, -0.2) is 13.2 Å². The number of amides is 1. The minimum Gasteiger partial charge on any atom is -0.468 e. The largest absolute Gasteiger partial charge is 0.468 e. The molecule has 1 amide bonds. The highest BCUT2D eigenvalue weighted by atomic mass is 32.2. The normalized spacial score (nSPS) is 12.4. The van der Waals surface area contributed by atoms with Crippen LogP contribution in [0.5, 0.6) is 0 Å². The van der Waals surface area contributed by atoms with Crippen molar-refractivity contribution in [2.75, 3.05) is 13.2 Å². The van der Waals surface area contributed by atoms with Crippen molar-refractivity contribution >= 4 is 21.7 Å². The maximum absolute atomic E-state index is 12.9. The molecule has 0 fully saturated rings. The van der Waals surface area contributed by atoms with E-state index in [0.717, 1.165) is 5.56 Å². The minimum absolute atomic E-state index is 0.0511. The number of hydrogen-bond acceptors (Lipinski definition) is 6. The molecular weight excluding hydrogens is 346 g/mol. The number of aryl methyl sites for hydroxylation is 1. The molecule has 0 bridgehead atoms. The number of hydrogen-bond donors (Lipinski definition) is 1.